The van der Waals surface area contributed by atoms with Crippen LogP contribution in [0.2, 0.25) is 0 Å². The van der Waals surface area contributed by atoms with E-state index in [-0.39, 0.29) is 5.78 Å². The predicted molar refractivity (Wildman–Crippen MR) is 67.6 cm³/mol. The Labute approximate surface area is 103 Å². The molecule has 1 atom stereocenters. The van der Waals surface area contributed by atoms with Crippen LogP contribution in [0.25, 0.3) is 10.1 Å². The van der Waals surface area contributed by atoms with E-state index in [4.69, 9.17) is 5.11 Å². The Balaban J connectivity index is 2.39. The van der Waals surface area contributed by atoms with E-state index in [9.17, 15) is 9.59 Å². The Bertz CT molecular complexity index is 538. The summed E-state index contributed by atoms with van der Waals surface area (Å²) in [4.78, 5) is 23.5. The van der Waals surface area contributed by atoms with E-state index < -0.39 is 11.9 Å². The number of carbonyl (C=O) groups excluding carboxylic acids is 1. The molecule has 0 amide bonds. The van der Waals surface area contributed by atoms with Crippen LogP contribution in [0, 0.1) is 5.92 Å². The van der Waals surface area contributed by atoms with Crippen LogP contribution in [0.3, 0.4) is 0 Å². The van der Waals surface area contributed by atoms with Crippen molar-refractivity contribution < 1.29 is 14.7 Å². The minimum Gasteiger partial charge on any atom is -0.481 e. The van der Waals surface area contributed by atoms with Gasteiger partial charge in [0.05, 0.1) is 4.88 Å². The third-order valence-electron chi connectivity index (χ3n) is 2.69. The molecule has 0 fully saturated rings. The Morgan fingerprint density at radius 3 is 2.65 bits per heavy atom. The van der Waals surface area contributed by atoms with Crippen molar-refractivity contribution in [2.75, 3.05) is 0 Å². The Hall–Kier alpha value is -1.68. The van der Waals surface area contributed by atoms with Crippen LogP contribution >= 0.6 is 11.3 Å². The molecule has 0 saturated heterocycles. The van der Waals surface area contributed by atoms with Crippen molar-refractivity contribution >= 4 is 33.2 Å². The molecular formula is C13H12O3S. The van der Waals surface area contributed by atoms with Crippen LogP contribution in [-0.2, 0) is 4.79 Å². The molecule has 0 spiro atoms. The van der Waals surface area contributed by atoms with Crippen molar-refractivity contribution in [2.45, 2.75) is 13.3 Å². The minimum atomic E-state index is -1.05. The molecular weight excluding hydrogens is 236 g/mol. The summed E-state index contributed by atoms with van der Waals surface area (Å²) < 4.78 is 1.01. The van der Waals surface area contributed by atoms with E-state index in [2.05, 4.69) is 0 Å². The first-order valence-corrected chi connectivity index (χ1v) is 6.20. The lowest BCUT2D eigenvalue weighted by Crippen LogP contribution is -2.22. The second-order valence-corrected chi connectivity index (χ2v) is 4.90. The van der Waals surface area contributed by atoms with E-state index in [1.54, 1.807) is 13.0 Å². The van der Waals surface area contributed by atoms with Crippen molar-refractivity contribution in [1.29, 1.82) is 0 Å². The molecule has 1 unspecified atom stereocenters. The number of Topliss-reactive ketones (excluding diaryl/α,β-unsaturated/α-hetero) is 1. The molecule has 0 radical (unpaired) electrons. The molecule has 17 heavy (non-hydrogen) atoms. The first-order valence-electron chi connectivity index (χ1n) is 5.39. The topological polar surface area (TPSA) is 54.4 Å². The van der Waals surface area contributed by atoms with Gasteiger partial charge in [-0.05, 0) is 23.9 Å². The number of thiophene rings is 1. The van der Waals surface area contributed by atoms with Crippen LogP contribution in [0.1, 0.15) is 23.0 Å². The van der Waals surface area contributed by atoms with Crippen molar-refractivity contribution in [3.05, 3.63) is 35.2 Å². The average Bonchev–Trinajstić information content (AvgIpc) is 2.72. The Kier molecular flexibility index (Phi) is 3.24. The standard InChI is InChI=1S/C13H12O3S/c1-2-9(13(15)16)12(14)11-7-8-5-3-4-6-10(8)17-11/h3-7,9H,2H2,1H3,(H,15,16). The molecule has 1 aromatic carbocycles. The molecule has 1 heterocycles. The van der Waals surface area contributed by atoms with Gasteiger partial charge in [-0.25, -0.2) is 0 Å². The molecule has 0 bridgehead atoms. The second-order valence-electron chi connectivity index (χ2n) is 3.81. The summed E-state index contributed by atoms with van der Waals surface area (Å²) >= 11 is 1.35. The molecule has 1 aromatic heterocycles. The SMILES string of the molecule is CCC(C(=O)O)C(=O)c1cc2ccccc2s1. The lowest BCUT2D eigenvalue weighted by Gasteiger charge is -2.05. The Morgan fingerprint density at radius 1 is 1.35 bits per heavy atom. The quantitative estimate of drug-likeness (QED) is 0.667. The summed E-state index contributed by atoms with van der Waals surface area (Å²) in [5.41, 5.74) is 0. The van der Waals surface area contributed by atoms with Gasteiger partial charge in [-0.2, -0.15) is 0 Å². The summed E-state index contributed by atoms with van der Waals surface area (Å²) in [6.45, 7) is 1.71. The third-order valence-corrected chi connectivity index (χ3v) is 3.82. The van der Waals surface area contributed by atoms with Gasteiger partial charge in [0.1, 0.15) is 5.92 Å². The zero-order valence-electron chi connectivity index (χ0n) is 9.34. The van der Waals surface area contributed by atoms with Crippen LogP contribution in [0.5, 0.6) is 0 Å². The van der Waals surface area contributed by atoms with Gasteiger partial charge in [0.25, 0.3) is 0 Å². The minimum absolute atomic E-state index is 0.291. The highest BCUT2D eigenvalue weighted by Crippen LogP contribution is 2.27. The summed E-state index contributed by atoms with van der Waals surface area (Å²) in [6, 6.07) is 9.43. The van der Waals surface area contributed by atoms with E-state index in [1.165, 1.54) is 11.3 Å². The van der Waals surface area contributed by atoms with Gasteiger partial charge in [0.2, 0.25) is 0 Å². The summed E-state index contributed by atoms with van der Waals surface area (Å²) in [5.74, 6) is -2.26. The predicted octanol–water partition coefficient (Wildman–Crippen LogP) is 3.19. The van der Waals surface area contributed by atoms with Gasteiger partial charge in [-0.15, -0.1) is 11.3 Å². The maximum absolute atomic E-state index is 12.0. The van der Waals surface area contributed by atoms with Crippen molar-refractivity contribution in [3.63, 3.8) is 0 Å². The highest BCUT2D eigenvalue weighted by atomic mass is 32.1. The molecule has 0 aliphatic heterocycles. The second kappa shape index (κ2) is 4.67. The van der Waals surface area contributed by atoms with E-state index >= 15 is 0 Å². The van der Waals surface area contributed by atoms with Crippen LogP contribution < -0.4 is 0 Å². The van der Waals surface area contributed by atoms with Crippen molar-refractivity contribution in [1.82, 2.24) is 0 Å². The number of carboxylic acid groups (broad SMARTS) is 1. The van der Waals surface area contributed by atoms with Gasteiger partial charge in [0.15, 0.2) is 5.78 Å². The molecule has 4 heteroatoms. The zero-order chi connectivity index (χ0) is 12.4. The number of carbonyl (C=O) groups is 2. The number of carboxylic acids is 1. The number of hydrogen-bond acceptors (Lipinski definition) is 3. The molecule has 0 saturated carbocycles. The molecule has 3 nitrogen and oxygen atoms in total. The number of aliphatic carboxylic acids is 1. The maximum atomic E-state index is 12.0. The Morgan fingerprint density at radius 2 is 2.06 bits per heavy atom. The lowest BCUT2D eigenvalue weighted by molar-refractivity contribution is -0.140. The first-order chi connectivity index (χ1) is 8.13. The highest BCUT2D eigenvalue weighted by Gasteiger charge is 2.26. The number of benzene rings is 1. The molecule has 2 aromatic rings. The fourth-order valence-corrected chi connectivity index (χ4v) is 2.80. The summed E-state index contributed by atoms with van der Waals surface area (Å²) in [5, 5.41) is 9.95. The number of fused-ring (bicyclic) bond motifs is 1. The zero-order valence-corrected chi connectivity index (χ0v) is 10.2. The fraction of sp³-hybridized carbons (Fsp3) is 0.231. The van der Waals surface area contributed by atoms with Crippen molar-refractivity contribution in [3.8, 4) is 0 Å². The van der Waals surface area contributed by atoms with Gasteiger partial charge >= 0.3 is 5.97 Å². The summed E-state index contributed by atoms with van der Waals surface area (Å²) in [6.07, 6.45) is 0.322. The molecule has 1 N–H and O–H groups in total. The van der Waals surface area contributed by atoms with Crippen LogP contribution in [0.4, 0.5) is 0 Å². The molecule has 2 rings (SSSR count). The van der Waals surface area contributed by atoms with Crippen LogP contribution in [0.15, 0.2) is 30.3 Å². The number of rotatable bonds is 4. The molecule has 0 aliphatic rings. The van der Waals surface area contributed by atoms with Crippen molar-refractivity contribution in [2.24, 2.45) is 5.92 Å². The largest absolute Gasteiger partial charge is 0.481 e. The number of ketones is 1. The molecule has 88 valence electrons. The normalized spacial score (nSPS) is 12.5. The highest BCUT2D eigenvalue weighted by molar-refractivity contribution is 7.20. The fourth-order valence-electron chi connectivity index (χ4n) is 1.75. The monoisotopic (exact) mass is 248 g/mol. The van der Waals surface area contributed by atoms with Crippen LogP contribution in [-0.4, -0.2) is 16.9 Å². The van der Waals surface area contributed by atoms with E-state index in [0.29, 0.717) is 11.3 Å². The first kappa shape index (κ1) is 11.8. The van der Waals surface area contributed by atoms with E-state index in [1.807, 2.05) is 24.3 Å². The van der Waals surface area contributed by atoms with Gasteiger partial charge < -0.3 is 5.11 Å². The van der Waals surface area contributed by atoms with E-state index in [0.717, 1.165) is 10.1 Å². The van der Waals surface area contributed by atoms with Gasteiger partial charge in [-0.3, -0.25) is 9.59 Å². The third kappa shape index (κ3) is 2.22. The number of hydrogen-bond donors (Lipinski definition) is 1. The average molecular weight is 248 g/mol. The van der Waals surface area contributed by atoms with Gasteiger partial charge in [0, 0.05) is 4.70 Å². The smallest absolute Gasteiger partial charge is 0.314 e. The lowest BCUT2D eigenvalue weighted by atomic mass is 10.00. The summed E-state index contributed by atoms with van der Waals surface area (Å²) in [7, 11) is 0. The van der Waals surface area contributed by atoms with Gasteiger partial charge in [-0.1, -0.05) is 25.1 Å². The maximum Gasteiger partial charge on any atom is 0.314 e. The molecule has 0 aliphatic carbocycles.